The van der Waals surface area contributed by atoms with E-state index in [2.05, 4.69) is 21.3 Å². The number of thioether (sulfide) groups is 1. The van der Waals surface area contributed by atoms with Gasteiger partial charge in [-0.15, -0.1) is 21.5 Å². The van der Waals surface area contributed by atoms with Gasteiger partial charge >= 0.3 is 0 Å². The topological polar surface area (TPSA) is 84.5 Å². The van der Waals surface area contributed by atoms with E-state index in [0.29, 0.717) is 28.1 Å². The molecule has 160 valence electrons. The molecule has 0 bridgehead atoms. The van der Waals surface area contributed by atoms with E-state index >= 15 is 0 Å². The minimum Gasteiger partial charge on any atom is -0.297 e. The average molecular weight is 464 g/mol. The van der Waals surface area contributed by atoms with Gasteiger partial charge in [0.1, 0.15) is 10.8 Å². The monoisotopic (exact) mass is 463 g/mol. The van der Waals surface area contributed by atoms with Crippen LogP contribution >= 0.6 is 23.1 Å². The molecule has 9 heteroatoms. The number of aryl methyl sites for hydroxylation is 1. The number of nitrogens with zero attached hydrogens (tertiary/aromatic N) is 5. The van der Waals surface area contributed by atoms with Crippen LogP contribution in [0, 0.1) is 24.1 Å². The molecule has 4 aromatic rings. The number of rotatable bonds is 8. The van der Waals surface area contributed by atoms with E-state index in [-0.39, 0.29) is 11.5 Å². The maximum absolute atomic E-state index is 14.5. The third-order valence-electron chi connectivity index (χ3n) is 4.69. The Labute approximate surface area is 192 Å². The van der Waals surface area contributed by atoms with Crippen LogP contribution in [-0.2, 0) is 11.3 Å². The first-order chi connectivity index (χ1) is 15.6. The Morgan fingerprint density at radius 1 is 1.19 bits per heavy atom. The Hall–Kier alpha value is -3.35. The van der Waals surface area contributed by atoms with Gasteiger partial charge in [-0.05, 0) is 24.6 Å². The number of ketones is 1. The fourth-order valence-electron chi connectivity index (χ4n) is 3.13. The maximum atomic E-state index is 14.5. The van der Waals surface area contributed by atoms with Gasteiger partial charge in [0.05, 0.1) is 23.9 Å². The van der Waals surface area contributed by atoms with Gasteiger partial charge in [-0.1, -0.05) is 54.2 Å². The lowest BCUT2D eigenvalue weighted by Crippen LogP contribution is -2.14. The second kappa shape index (κ2) is 9.85. The molecule has 0 amide bonds. The highest BCUT2D eigenvalue weighted by Gasteiger charge is 2.25. The number of benzene rings is 2. The summed E-state index contributed by atoms with van der Waals surface area (Å²) in [6.45, 7) is 2.24. The van der Waals surface area contributed by atoms with Gasteiger partial charge in [0.25, 0.3) is 0 Å². The van der Waals surface area contributed by atoms with Crippen molar-refractivity contribution in [3.05, 3.63) is 82.1 Å². The van der Waals surface area contributed by atoms with Gasteiger partial charge in [-0.25, -0.2) is 9.37 Å². The van der Waals surface area contributed by atoms with Gasteiger partial charge in [0.15, 0.2) is 22.7 Å². The number of aromatic nitrogens is 4. The van der Waals surface area contributed by atoms with Crippen LogP contribution in [0.2, 0.25) is 0 Å². The molecule has 2 heterocycles. The molecule has 0 spiro atoms. The summed E-state index contributed by atoms with van der Waals surface area (Å²) in [5.74, 6) is -1.16. The summed E-state index contributed by atoms with van der Waals surface area (Å²) in [6, 6.07) is 18.1. The van der Waals surface area contributed by atoms with E-state index in [1.165, 1.54) is 29.2 Å². The summed E-state index contributed by atoms with van der Waals surface area (Å²) in [6.07, 6.45) is 0. The third kappa shape index (κ3) is 4.77. The highest BCUT2D eigenvalue weighted by Crippen LogP contribution is 2.29. The van der Waals surface area contributed by atoms with Crippen LogP contribution in [0.25, 0.3) is 11.4 Å². The molecular formula is C23H18FN5OS2. The zero-order chi connectivity index (χ0) is 22.5. The van der Waals surface area contributed by atoms with Crippen molar-refractivity contribution in [3.63, 3.8) is 0 Å². The first-order valence-corrected chi connectivity index (χ1v) is 11.6. The van der Waals surface area contributed by atoms with Gasteiger partial charge < -0.3 is 0 Å². The Morgan fingerprint density at radius 3 is 2.62 bits per heavy atom. The summed E-state index contributed by atoms with van der Waals surface area (Å²) in [7, 11) is 0. The van der Waals surface area contributed by atoms with Crippen LogP contribution < -0.4 is 0 Å². The minimum absolute atomic E-state index is 0.0288. The Balaban J connectivity index is 1.61. The van der Waals surface area contributed by atoms with Crippen LogP contribution in [0.3, 0.4) is 0 Å². The van der Waals surface area contributed by atoms with E-state index in [0.717, 1.165) is 11.3 Å². The van der Waals surface area contributed by atoms with Crippen molar-refractivity contribution in [2.75, 3.05) is 5.75 Å². The molecule has 6 nitrogen and oxygen atoms in total. The van der Waals surface area contributed by atoms with Crippen LogP contribution in [0.15, 0.2) is 65.1 Å². The van der Waals surface area contributed by atoms with Crippen molar-refractivity contribution in [2.45, 2.75) is 24.5 Å². The number of nitriles is 1. The van der Waals surface area contributed by atoms with Crippen LogP contribution in [0.4, 0.5) is 4.39 Å². The largest absolute Gasteiger partial charge is 0.297 e. The predicted octanol–water partition coefficient (Wildman–Crippen LogP) is 4.87. The summed E-state index contributed by atoms with van der Waals surface area (Å²) >= 11 is 2.49. The molecule has 0 saturated carbocycles. The fraction of sp³-hybridized carbons (Fsp3) is 0.174. The highest BCUT2D eigenvalue weighted by atomic mass is 32.2. The summed E-state index contributed by atoms with van der Waals surface area (Å²) in [5, 5.41) is 20.7. The van der Waals surface area contributed by atoms with Crippen LogP contribution in [0.5, 0.6) is 0 Å². The minimum atomic E-state index is -0.919. The number of halogens is 1. The van der Waals surface area contributed by atoms with E-state index in [1.807, 2.05) is 42.6 Å². The van der Waals surface area contributed by atoms with E-state index in [9.17, 15) is 14.4 Å². The molecular weight excluding hydrogens is 445 g/mol. The third-order valence-corrected chi connectivity index (χ3v) is 6.71. The average Bonchev–Trinajstić information content (AvgIpc) is 3.40. The maximum Gasteiger partial charge on any atom is 0.192 e. The molecule has 32 heavy (non-hydrogen) atoms. The molecule has 2 aromatic heterocycles. The molecule has 0 N–H and O–H groups in total. The van der Waals surface area contributed by atoms with Crippen molar-refractivity contribution in [2.24, 2.45) is 0 Å². The standard InChI is InChI=1S/C23H18FN5OS2/c1-15-13-31-22(26-15)18(11-25)20(30)14-32-23-28-27-21(17-9-5-6-10-19(17)24)29(23)12-16-7-3-2-4-8-16/h2-10,13,18H,12,14H2,1H3/t18-/m0/s1. The molecule has 0 aliphatic heterocycles. The van der Waals surface area contributed by atoms with Gasteiger partial charge in [0, 0.05) is 11.1 Å². The van der Waals surface area contributed by atoms with Crippen molar-refractivity contribution in [3.8, 4) is 17.5 Å². The Kier molecular flexibility index (Phi) is 6.73. The molecule has 1 atom stereocenters. The quantitative estimate of drug-likeness (QED) is 0.347. The highest BCUT2D eigenvalue weighted by molar-refractivity contribution is 7.99. The van der Waals surface area contributed by atoms with E-state index in [4.69, 9.17) is 0 Å². The molecule has 0 saturated heterocycles. The van der Waals surface area contributed by atoms with E-state index in [1.54, 1.807) is 22.8 Å². The van der Waals surface area contributed by atoms with Crippen molar-refractivity contribution in [1.82, 2.24) is 19.7 Å². The van der Waals surface area contributed by atoms with Gasteiger partial charge in [-0.3, -0.25) is 9.36 Å². The number of hydrogen-bond acceptors (Lipinski definition) is 7. The second-order valence-electron chi connectivity index (χ2n) is 7.00. The molecule has 0 radical (unpaired) electrons. The van der Waals surface area contributed by atoms with Crippen molar-refractivity contribution < 1.29 is 9.18 Å². The van der Waals surface area contributed by atoms with Crippen molar-refractivity contribution >= 4 is 28.9 Å². The lowest BCUT2D eigenvalue weighted by Gasteiger charge is -2.11. The Morgan fingerprint density at radius 2 is 1.94 bits per heavy atom. The lowest BCUT2D eigenvalue weighted by atomic mass is 10.1. The van der Waals surface area contributed by atoms with Crippen LogP contribution in [-0.4, -0.2) is 31.3 Å². The summed E-state index contributed by atoms with van der Waals surface area (Å²) in [4.78, 5) is 17.0. The normalized spacial score (nSPS) is 11.8. The summed E-state index contributed by atoms with van der Waals surface area (Å²) in [5.41, 5.74) is 2.11. The van der Waals surface area contributed by atoms with Crippen molar-refractivity contribution in [1.29, 1.82) is 5.26 Å². The SMILES string of the molecule is Cc1csc([C@@H](C#N)C(=O)CSc2nnc(-c3ccccc3F)n2Cc2ccccc2)n1. The zero-order valence-electron chi connectivity index (χ0n) is 17.1. The summed E-state index contributed by atoms with van der Waals surface area (Å²) < 4.78 is 16.3. The number of carbonyl (C=O) groups excluding carboxylic acids is 1. The Bertz CT molecular complexity index is 1280. The predicted molar refractivity (Wildman–Crippen MR) is 122 cm³/mol. The molecule has 4 rings (SSSR count). The first kappa shape index (κ1) is 21.9. The molecule has 0 fully saturated rings. The smallest absolute Gasteiger partial charge is 0.192 e. The van der Waals surface area contributed by atoms with E-state index < -0.39 is 11.7 Å². The molecule has 0 unspecified atom stereocenters. The second-order valence-corrected chi connectivity index (χ2v) is 8.83. The molecule has 0 aliphatic rings. The fourth-order valence-corrected chi connectivity index (χ4v) is 4.84. The first-order valence-electron chi connectivity index (χ1n) is 9.76. The number of thiazole rings is 1. The number of hydrogen-bond donors (Lipinski definition) is 0. The lowest BCUT2D eigenvalue weighted by molar-refractivity contribution is -0.116. The van der Waals surface area contributed by atoms with Gasteiger partial charge in [0.2, 0.25) is 0 Å². The number of Topliss-reactive ketones (excluding diaryl/α,β-unsaturated/α-hetero) is 1. The molecule has 0 aliphatic carbocycles. The zero-order valence-corrected chi connectivity index (χ0v) is 18.7. The van der Waals surface area contributed by atoms with Gasteiger partial charge in [-0.2, -0.15) is 5.26 Å². The van der Waals surface area contributed by atoms with Crippen LogP contribution in [0.1, 0.15) is 22.2 Å². The number of carbonyl (C=O) groups is 1. The molecule has 2 aromatic carbocycles.